The van der Waals surface area contributed by atoms with E-state index in [1.807, 2.05) is 10.9 Å². The molecule has 4 nitrogen and oxygen atoms in total. The summed E-state index contributed by atoms with van der Waals surface area (Å²) in [5, 5.41) is 4.40. The topological polar surface area (TPSA) is 53.1 Å². The number of hydrogen-bond acceptors (Lipinski definition) is 3. The van der Waals surface area contributed by atoms with Gasteiger partial charge in [-0.1, -0.05) is 13.8 Å². The van der Waals surface area contributed by atoms with E-state index in [4.69, 9.17) is 10.5 Å². The van der Waals surface area contributed by atoms with Crippen molar-refractivity contribution in [1.82, 2.24) is 9.78 Å². The zero-order valence-corrected chi connectivity index (χ0v) is 12.7. The van der Waals surface area contributed by atoms with Gasteiger partial charge in [-0.15, -0.1) is 0 Å². The lowest BCUT2D eigenvalue weighted by Gasteiger charge is -2.24. The summed E-state index contributed by atoms with van der Waals surface area (Å²) in [5.41, 5.74) is 7.59. The van der Waals surface area contributed by atoms with Crippen molar-refractivity contribution in [3.63, 3.8) is 0 Å². The molecule has 2 heterocycles. The molecule has 3 atom stereocenters. The highest BCUT2D eigenvalue weighted by Crippen LogP contribution is 2.35. The van der Waals surface area contributed by atoms with Crippen LogP contribution in [0.4, 0.5) is 0 Å². The Balaban J connectivity index is 2.22. The van der Waals surface area contributed by atoms with E-state index in [2.05, 4.69) is 34.9 Å². The third kappa shape index (κ3) is 2.63. The third-order valence-electron chi connectivity index (χ3n) is 3.71. The Morgan fingerprint density at radius 3 is 3.06 bits per heavy atom. The largest absolute Gasteiger partial charge is 0.378 e. The highest BCUT2D eigenvalue weighted by Gasteiger charge is 2.34. The van der Waals surface area contributed by atoms with E-state index in [0.717, 1.165) is 42.6 Å². The Morgan fingerprint density at radius 1 is 1.61 bits per heavy atom. The predicted molar refractivity (Wildman–Crippen MR) is 75.3 cm³/mol. The first-order valence-corrected chi connectivity index (χ1v) is 7.56. The molecule has 1 aromatic rings. The molecular formula is C13H22BrN3O. The maximum absolute atomic E-state index is 6.47. The number of nitrogens with two attached hydrogens (primary N) is 1. The average molecular weight is 316 g/mol. The minimum absolute atomic E-state index is 0.000810. The summed E-state index contributed by atoms with van der Waals surface area (Å²) in [6, 6.07) is 0.000810. The lowest BCUT2D eigenvalue weighted by molar-refractivity contribution is 0.0805. The maximum Gasteiger partial charge on any atom is 0.0697 e. The van der Waals surface area contributed by atoms with Crippen LogP contribution < -0.4 is 5.73 Å². The van der Waals surface area contributed by atoms with E-state index in [0.29, 0.717) is 5.92 Å². The first kappa shape index (κ1) is 14.0. The fraction of sp³-hybridized carbons (Fsp3) is 0.769. The molecule has 0 spiro atoms. The molecule has 0 radical (unpaired) electrons. The second-order valence-electron chi connectivity index (χ2n) is 4.90. The van der Waals surface area contributed by atoms with E-state index in [9.17, 15) is 0 Å². The minimum Gasteiger partial charge on any atom is -0.378 e. The molecule has 0 aliphatic carbocycles. The zero-order valence-electron chi connectivity index (χ0n) is 11.1. The molecule has 0 bridgehead atoms. The van der Waals surface area contributed by atoms with Crippen molar-refractivity contribution in [3.05, 3.63) is 16.4 Å². The predicted octanol–water partition coefficient (Wildman–Crippen LogP) is 2.87. The van der Waals surface area contributed by atoms with Gasteiger partial charge in [0.1, 0.15) is 0 Å². The van der Waals surface area contributed by atoms with E-state index in [-0.39, 0.29) is 12.1 Å². The number of ether oxygens (including phenoxy) is 1. The van der Waals surface area contributed by atoms with E-state index in [1.165, 1.54) is 0 Å². The van der Waals surface area contributed by atoms with Gasteiger partial charge in [-0.3, -0.25) is 4.68 Å². The molecule has 2 rings (SSSR count). The summed E-state index contributed by atoms with van der Waals surface area (Å²) in [6.07, 6.45) is 5.27. The Bertz CT molecular complexity index is 394. The molecular weight excluding hydrogens is 294 g/mol. The Kier molecular flexibility index (Phi) is 4.81. The molecule has 18 heavy (non-hydrogen) atoms. The maximum atomic E-state index is 6.47. The van der Waals surface area contributed by atoms with Gasteiger partial charge < -0.3 is 10.5 Å². The molecule has 102 valence electrons. The number of halogens is 1. The fourth-order valence-electron chi connectivity index (χ4n) is 2.79. The summed E-state index contributed by atoms with van der Waals surface area (Å²) in [4.78, 5) is 0. The van der Waals surface area contributed by atoms with Crippen molar-refractivity contribution in [2.75, 3.05) is 6.61 Å². The monoisotopic (exact) mass is 315 g/mol. The summed E-state index contributed by atoms with van der Waals surface area (Å²) >= 11 is 3.57. The number of aromatic nitrogens is 2. The minimum atomic E-state index is 0.000810. The third-order valence-corrected chi connectivity index (χ3v) is 4.32. The molecule has 2 N–H and O–H groups in total. The van der Waals surface area contributed by atoms with Crippen LogP contribution in [0, 0.1) is 5.92 Å². The normalized spacial score (nSPS) is 25.6. The zero-order chi connectivity index (χ0) is 13.1. The number of rotatable bonds is 5. The summed E-state index contributed by atoms with van der Waals surface area (Å²) < 4.78 is 8.79. The molecule has 1 fully saturated rings. The molecule has 1 saturated heterocycles. The molecule has 1 aliphatic heterocycles. The smallest absolute Gasteiger partial charge is 0.0697 e. The lowest BCUT2D eigenvalue weighted by atomic mass is 9.90. The quantitative estimate of drug-likeness (QED) is 0.909. The van der Waals surface area contributed by atoms with Crippen molar-refractivity contribution in [1.29, 1.82) is 0 Å². The molecule has 5 heteroatoms. The molecule has 1 aromatic heterocycles. The van der Waals surface area contributed by atoms with Crippen LogP contribution in [0.15, 0.2) is 10.7 Å². The van der Waals surface area contributed by atoms with Gasteiger partial charge >= 0.3 is 0 Å². The number of nitrogens with zero attached hydrogens (tertiary/aromatic N) is 2. The van der Waals surface area contributed by atoms with Gasteiger partial charge in [0, 0.05) is 19.1 Å². The van der Waals surface area contributed by atoms with Crippen LogP contribution in [0.5, 0.6) is 0 Å². The summed E-state index contributed by atoms with van der Waals surface area (Å²) in [7, 11) is 0. The van der Waals surface area contributed by atoms with Crippen molar-refractivity contribution in [2.45, 2.75) is 51.8 Å². The van der Waals surface area contributed by atoms with Gasteiger partial charge in [-0.05, 0) is 35.2 Å². The standard InChI is InChI=1S/C13H22BrN3O/c1-3-6-17-13(10(14)8-16-17)12(15)9-5-7-18-11(9)4-2/h8-9,11-12H,3-7,15H2,1-2H3. The highest BCUT2D eigenvalue weighted by molar-refractivity contribution is 9.10. The molecule has 3 unspecified atom stereocenters. The Morgan fingerprint density at radius 2 is 2.39 bits per heavy atom. The second kappa shape index (κ2) is 6.17. The number of hydrogen-bond donors (Lipinski definition) is 1. The molecule has 1 aliphatic rings. The first-order chi connectivity index (χ1) is 8.69. The van der Waals surface area contributed by atoms with Gasteiger partial charge in [0.2, 0.25) is 0 Å². The highest BCUT2D eigenvalue weighted by atomic mass is 79.9. The second-order valence-corrected chi connectivity index (χ2v) is 5.75. The molecule has 0 aromatic carbocycles. The van der Waals surface area contributed by atoms with Crippen molar-refractivity contribution in [2.24, 2.45) is 11.7 Å². The van der Waals surface area contributed by atoms with E-state index in [1.54, 1.807) is 0 Å². The van der Waals surface area contributed by atoms with Gasteiger partial charge in [0.05, 0.1) is 28.5 Å². The summed E-state index contributed by atoms with van der Waals surface area (Å²) in [5.74, 6) is 0.401. The summed E-state index contributed by atoms with van der Waals surface area (Å²) in [6.45, 7) is 6.06. The first-order valence-electron chi connectivity index (χ1n) is 6.77. The van der Waals surface area contributed by atoms with E-state index < -0.39 is 0 Å². The van der Waals surface area contributed by atoms with Crippen molar-refractivity contribution in [3.8, 4) is 0 Å². The molecule has 0 amide bonds. The van der Waals surface area contributed by atoms with Gasteiger partial charge in [-0.2, -0.15) is 5.10 Å². The Hall–Kier alpha value is -0.390. The van der Waals surface area contributed by atoms with Crippen LogP contribution in [0.1, 0.15) is 44.8 Å². The molecule has 0 saturated carbocycles. The van der Waals surface area contributed by atoms with Crippen LogP contribution >= 0.6 is 15.9 Å². The van der Waals surface area contributed by atoms with Gasteiger partial charge in [0.25, 0.3) is 0 Å². The average Bonchev–Trinajstić information content (AvgIpc) is 2.96. The van der Waals surface area contributed by atoms with Crippen molar-refractivity contribution < 1.29 is 4.74 Å². The van der Waals surface area contributed by atoms with Crippen LogP contribution in [-0.2, 0) is 11.3 Å². The van der Waals surface area contributed by atoms with Gasteiger partial charge in [0.15, 0.2) is 0 Å². The van der Waals surface area contributed by atoms with Crippen LogP contribution in [0.2, 0.25) is 0 Å². The lowest BCUT2D eigenvalue weighted by Crippen LogP contribution is -2.30. The van der Waals surface area contributed by atoms with Gasteiger partial charge in [-0.25, -0.2) is 0 Å². The van der Waals surface area contributed by atoms with E-state index >= 15 is 0 Å². The Labute approximate surface area is 117 Å². The fourth-order valence-corrected chi connectivity index (χ4v) is 3.35. The number of aryl methyl sites for hydroxylation is 1. The van der Waals surface area contributed by atoms with Crippen LogP contribution in [0.25, 0.3) is 0 Å². The van der Waals surface area contributed by atoms with Crippen LogP contribution in [-0.4, -0.2) is 22.5 Å². The SMILES string of the molecule is CCCn1ncc(Br)c1C(N)C1CCOC1CC. The van der Waals surface area contributed by atoms with Crippen LogP contribution in [0.3, 0.4) is 0 Å². The van der Waals surface area contributed by atoms with Crippen molar-refractivity contribution >= 4 is 15.9 Å².